The molecule has 2 aromatic rings. The number of anilines is 1. The first-order valence-corrected chi connectivity index (χ1v) is 7.57. The number of nitrogens with two attached hydrogens (primary N) is 1. The predicted octanol–water partition coefficient (Wildman–Crippen LogP) is 1.75. The normalized spacial score (nSPS) is 18.1. The van der Waals surface area contributed by atoms with Gasteiger partial charge in [-0.25, -0.2) is 0 Å². The summed E-state index contributed by atoms with van der Waals surface area (Å²) in [5.41, 5.74) is 6.12. The van der Waals surface area contributed by atoms with Crippen molar-refractivity contribution in [1.82, 2.24) is 15.2 Å². The van der Waals surface area contributed by atoms with Crippen LogP contribution in [-0.4, -0.2) is 34.8 Å². The molecule has 21 heavy (non-hydrogen) atoms. The molecule has 0 spiro atoms. The van der Waals surface area contributed by atoms with Crippen molar-refractivity contribution in [2.24, 2.45) is 11.1 Å². The quantitative estimate of drug-likeness (QED) is 0.876. The third-order valence-electron chi connectivity index (χ3n) is 4.45. The van der Waals surface area contributed by atoms with Gasteiger partial charge in [0.2, 0.25) is 5.95 Å². The number of aromatic nitrogens is 3. The molecule has 114 valence electrons. The van der Waals surface area contributed by atoms with Crippen molar-refractivity contribution in [1.29, 1.82) is 0 Å². The monoisotopic (exact) mass is 289 g/mol. The zero-order chi connectivity index (χ0) is 14.7. The lowest BCUT2D eigenvalue weighted by Gasteiger charge is -2.38. The van der Waals surface area contributed by atoms with Crippen LogP contribution in [0.3, 0.4) is 0 Å². The first-order valence-electron chi connectivity index (χ1n) is 7.57. The molecule has 0 radical (unpaired) electrons. The number of aryl methyl sites for hydroxylation is 2. The molecular weight excluding hydrogens is 266 g/mol. The lowest BCUT2D eigenvalue weighted by Crippen LogP contribution is -2.42. The highest BCUT2D eigenvalue weighted by atomic mass is 16.3. The van der Waals surface area contributed by atoms with Gasteiger partial charge in [0.05, 0.1) is 6.26 Å². The van der Waals surface area contributed by atoms with Crippen molar-refractivity contribution in [3.63, 3.8) is 0 Å². The number of furan rings is 1. The molecule has 1 saturated heterocycles. The van der Waals surface area contributed by atoms with Gasteiger partial charge in [-0.1, -0.05) is 6.92 Å². The van der Waals surface area contributed by atoms with Gasteiger partial charge in [-0.2, -0.15) is 4.98 Å². The second-order valence-electron chi connectivity index (χ2n) is 6.16. The van der Waals surface area contributed by atoms with Crippen molar-refractivity contribution in [3.05, 3.63) is 30.0 Å². The number of aromatic amines is 1. The van der Waals surface area contributed by atoms with E-state index >= 15 is 0 Å². The highest BCUT2D eigenvalue weighted by Gasteiger charge is 2.29. The molecule has 6 nitrogen and oxygen atoms in total. The summed E-state index contributed by atoms with van der Waals surface area (Å²) in [6, 6.07) is 3.89. The van der Waals surface area contributed by atoms with E-state index in [1.54, 1.807) is 6.26 Å². The van der Waals surface area contributed by atoms with Crippen LogP contribution < -0.4 is 10.6 Å². The fraction of sp³-hybridized carbons (Fsp3) is 0.600. The van der Waals surface area contributed by atoms with E-state index in [4.69, 9.17) is 10.2 Å². The Hall–Kier alpha value is -1.82. The average molecular weight is 289 g/mol. The fourth-order valence-electron chi connectivity index (χ4n) is 2.69. The van der Waals surface area contributed by atoms with Gasteiger partial charge in [0.15, 0.2) is 0 Å². The maximum absolute atomic E-state index is 5.85. The molecule has 1 aliphatic rings. The summed E-state index contributed by atoms with van der Waals surface area (Å²) < 4.78 is 5.33. The first-order chi connectivity index (χ1) is 10.2. The molecule has 0 saturated carbocycles. The second kappa shape index (κ2) is 5.89. The Balaban J connectivity index is 1.55. The van der Waals surface area contributed by atoms with Gasteiger partial charge in [-0.3, -0.25) is 5.10 Å². The Morgan fingerprint density at radius 2 is 2.19 bits per heavy atom. The summed E-state index contributed by atoms with van der Waals surface area (Å²) in [6.45, 7) is 4.96. The van der Waals surface area contributed by atoms with Crippen LogP contribution in [-0.2, 0) is 12.8 Å². The minimum absolute atomic E-state index is 0.273. The largest absolute Gasteiger partial charge is 0.469 e. The summed E-state index contributed by atoms with van der Waals surface area (Å²) >= 11 is 0. The number of rotatable bonds is 5. The van der Waals surface area contributed by atoms with Crippen LogP contribution in [0.4, 0.5) is 5.95 Å². The molecule has 0 bridgehead atoms. The van der Waals surface area contributed by atoms with Gasteiger partial charge >= 0.3 is 0 Å². The molecule has 0 aromatic carbocycles. The number of H-pyrrole nitrogens is 1. The number of piperidine rings is 1. The van der Waals surface area contributed by atoms with Crippen LogP contribution in [0.15, 0.2) is 22.8 Å². The molecule has 0 aliphatic carbocycles. The number of hydrogen-bond donors (Lipinski definition) is 2. The zero-order valence-electron chi connectivity index (χ0n) is 12.5. The minimum Gasteiger partial charge on any atom is -0.469 e. The highest BCUT2D eigenvalue weighted by molar-refractivity contribution is 5.29. The van der Waals surface area contributed by atoms with Gasteiger partial charge in [0, 0.05) is 25.9 Å². The van der Waals surface area contributed by atoms with Crippen molar-refractivity contribution >= 4 is 5.95 Å². The maximum atomic E-state index is 5.85. The molecule has 1 fully saturated rings. The lowest BCUT2D eigenvalue weighted by atomic mass is 9.81. The summed E-state index contributed by atoms with van der Waals surface area (Å²) in [5.74, 6) is 2.70. The second-order valence-corrected chi connectivity index (χ2v) is 6.16. The summed E-state index contributed by atoms with van der Waals surface area (Å²) in [6.07, 6.45) is 5.55. The van der Waals surface area contributed by atoms with Crippen LogP contribution in [0, 0.1) is 5.41 Å². The number of nitrogens with zero attached hydrogens (tertiary/aromatic N) is 3. The standard InChI is InChI=1S/C15H23N5O/c1-15(11-16)6-8-20(9-7-15)14-17-13(18-19-14)5-4-12-3-2-10-21-12/h2-3,10H,4-9,11,16H2,1H3,(H,17,18,19). The third-order valence-corrected chi connectivity index (χ3v) is 4.45. The van der Waals surface area contributed by atoms with Crippen LogP contribution in [0.1, 0.15) is 31.4 Å². The van der Waals surface area contributed by atoms with E-state index in [9.17, 15) is 0 Å². The molecule has 3 rings (SSSR count). The van der Waals surface area contributed by atoms with Crippen LogP contribution in [0.25, 0.3) is 0 Å². The molecule has 1 aliphatic heterocycles. The summed E-state index contributed by atoms with van der Waals surface area (Å²) in [5, 5.41) is 7.37. The molecule has 3 N–H and O–H groups in total. The Labute approximate surface area is 124 Å². The van der Waals surface area contributed by atoms with Gasteiger partial charge in [-0.15, -0.1) is 5.10 Å². The number of hydrogen-bond acceptors (Lipinski definition) is 5. The molecular formula is C15H23N5O. The van der Waals surface area contributed by atoms with Crippen molar-refractivity contribution in [3.8, 4) is 0 Å². The fourth-order valence-corrected chi connectivity index (χ4v) is 2.69. The predicted molar refractivity (Wildman–Crippen MR) is 81.1 cm³/mol. The molecule has 6 heteroatoms. The topological polar surface area (TPSA) is 84.0 Å². The van der Waals surface area contributed by atoms with Crippen molar-refractivity contribution < 1.29 is 4.42 Å². The average Bonchev–Trinajstić information content (AvgIpc) is 3.17. The summed E-state index contributed by atoms with van der Waals surface area (Å²) in [4.78, 5) is 6.83. The Kier molecular flexibility index (Phi) is 3.96. The first kappa shape index (κ1) is 14.1. The highest BCUT2D eigenvalue weighted by Crippen LogP contribution is 2.30. The number of nitrogens with one attached hydrogen (secondary N) is 1. The van der Waals surface area contributed by atoms with E-state index in [2.05, 4.69) is 27.0 Å². The summed E-state index contributed by atoms with van der Waals surface area (Å²) in [7, 11) is 0. The molecule has 0 atom stereocenters. The van der Waals surface area contributed by atoms with Gasteiger partial charge in [0.25, 0.3) is 0 Å². The Morgan fingerprint density at radius 3 is 2.86 bits per heavy atom. The zero-order valence-corrected chi connectivity index (χ0v) is 12.5. The van der Waals surface area contributed by atoms with Crippen LogP contribution in [0.2, 0.25) is 0 Å². The van der Waals surface area contributed by atoms with Gasteiger partial charge < -0.3 is 15.1 Å². The van der Waals surface area contributed by atoms with Crippen LogP contribution >= 0.6 is 0 Å². The van der Waals surface area contributed by atoms with Gasteiger partial charge in [-0.05, 0) is 36.9 Å². The van der Waals surface area contributed by atoms with E-state index in [1.165, 1.54) is 0 Å². The lowest BCUT2D eigenvalue weighted by molar-refractivity contribution is 0.257. The SMILES string of the molecule is CC1(CN)CCN(c2n[nH]c(CCc3ccco3)n2)CC1. The molecule has 2 aromatic heterocycles. The minimum atomic E-state index is 0.273. The Bertz CT molecular complexity index is 554. The van der Waals surface area contributed by atoms with E-state index in [0.717, 1.165) is 62.9 Å². The third kappa shape index (κ3) is 3.26. The molecule has 3 heterocycles. The Morgan fingerprint density at radius 1 is 1.38 bits per heavy atom. The van der Waals surface area contributed by atoms with Crippen molar-refractivity contribution in [2.75, 3.05) is 24.5 Å². The van der Waals surface area contributed by atoms with Crippen molar-refractivity contribution in [2.45, 2.75) is 32.6 Å². The van der Waals surface area contributed by atoms with E-state index in [-0.39, 0.29) is 5.41 Å². The van der Waals surface area contributed by atoms with E-state index in [1.807, 2.05) is 12.1 Å². The molecule has 0 amide bonds. The van der Waals surface area contributed by atoms with E-state index < -0.39 is 0 Å². The maximum Gasteiger partial charge on any atom is 0.244 e. The molecule has 0 unspecified atom stereocenters. The van der Waals surface area contributed by atoms with E-state index in [0.29, 0.717) is 0 Å². The van der Waals surface area contributed by atoms with Crippen LogP contribution in [0.5, 0.6) is 0 Å². The smallest absolute Gasteiger partial charge is 0.244 e. The van der Waals surface area contributed by atoms with Gasteiger partial charge in [0.1, 0.15) is 11.6 Å².